The number of benzene rings is 1. The van der Waals surface area contributed by atoms with Gasteiger partial charge in [0, 0.05) is 29.0 Å². The Morgan fingerprint density at radius 3 is 2.64 bits per heavy atom. The molecule has 0 amide bonds. The van der Waals surface area contributed by atoms with Gasteiger partial charge >= 0.3 is 5.97 Å². The third-order valence-corrected chi connectivity index (χ3v) is 3.93. The predicted molar refractivity (Wildman–Crippen MR) is 98.7 cm³/mol. The molecule has 1 aliphatic rings. The highest BCUT2D eigenvalue weighted by Gasteiger charge is 2.09. The zero-order chi connectivity index (χ0) is 18.2. The second kappa shape index (κ2) is 9.12. The summed E-state index contributed by atoms with van der Waals surface area (Å²) in [5.74, 6) is -0.621. The van der Waals surface area contributed by atoms with Gasteiger partial charge in [0.25, 0.3) is 0 Å². The topological polar surface area (TPSA) is 53.3 Å². The standard InChI is InChI=1S/C19H16Cl2N2O2/c1-2-25-19(24)15(12-22)4-3-14-7-9-23(10-8-14)13-16-5-6-17(20)11-18(16)21/h3-11H,2,13H2,1H3/b15-4-. The average molecular weight is 375 g/mol. The van der Waals surface area contributed by atoms with Crippen molar-refractivity contribution >= 4 is 29.2 Å². The molecule has 4 nitrogen and oxygen atoms in total. The summed E-state index contributed by atoms with van der Waals surface area (Å²) in [5.41, 5.74) is 1.78. The Morgan fingerprint density at radius 2 is 2.04 bits per heavy atom. The lowest BCUT2D eigenvalue weighted by molar-refractivity contribution is -0.138. The summed E-state index contributed by atoms with van der Waals surface area (Å²) in [5, 5.41) is 10.2. The highest BCUT2D eigenvalue weighted by Crippen LogP contribution is 2.23. The summed E-state index contributed by atoms with van der Waals surface area (Å²) >= 11 is 12.1. The lowest BCUT2D eigenvalue weighted by Gasteiger charge is -2.19. The quantitative estimate of drug-likeness (QED) is 0.422. The number of allylic oxidation sites excluding steroid dienone is 5. The molecule has 0 saturated heterocycles. The van der Waals surface area contributed by atoms with Crippen LogP contribution in [-0.2, 0) is 16.1 Å². The van der Waals surface area contributed by atoms with Crippen molar-refractivity contribution in [1.82, 2.24) is 4.90 Å². The molecule has 0 fully saturated rings. The molecule has 0 spiro atoms. The van der Waals surface area contributed by atoms with Gasteiger partial charge in [0.1, 0.15) is 11.6 Å². The number of nitriles is 1. The molecule has 0 bridgehead atoms. The molecular weight excluding hydrogens is 359 g/mol. The Hall–Kier alpha value is -2.48. The molecule has 0 N–H and O–H groups in total. The molecule has 0 unspecified atom stereocenters. The van der Waals surface area contributed by atoms with E-state index < -0.39 is 5.97 Å². The van der Waals surface area contributed by atoms with Crippen LogP contribution in [0, 0.1) is 11.3 Å². The first-order valence-electron chi connectivity index (χ1n) is 7.58. The van der Waals surface area contributed by atoms with Gasteiger partial charge in [-0.3, -0.25) is 0 Å². The van der Waals surface area contributed by atoms with E-state index in [1.807, 2.05) is 41.6 Å². The summed E-state index contributed by atoms with van der Waals surface area (Å²) in [6.45, 7) is 2.54. The van der Waals surface area contributed by atoms with Crippen molar-refractivity contribution in [3.63, 3.8) is 0 Å². The third-order valence-electron chi connectivity index (χ3n) is 3.34. The van der Waals surface area contributed by atoms with Crippen LogP contribution in [0.15, 0.2) is 66.0 Å². The fraction of sp³-hybridized carbons (Fsp3) is 0.158. The predicted octanol–water partition coefficient (Wildman–Crippen LogP) is 4.78. The zero-order valence-electron chi connectivity index (χ0n) is 13.6. The van der Waals surface area contributed by atoms with Crippen molar-refractivity contribution in [3.05, 3.63) is 81.7 Å². The molecular formula is C19H16Cl2N2O2. The van der Waals surface area contributed by atoms with Crippen LogP contribution in [0.3, 0.4) is 0 Å². The van der Waals surface area contributed by atoms with E-state index in [-0.39, 0.29) is 12.2 Å². The first-order chi connectivity index (χ1) is 12.0. The fourth-order valence-electron chi connectivity index (χ4n) is 2.07. The Morgan fingerprint density at radius 1 is 1.32 bits per heavy atom. The maximum absolute atomic E-state index is 11.5. The van der Waals surface area contributed by atoms with E-state index in [4.69, 9.17) is 33.2 Å². The first-order valence-corrected chi connectivity index (χ1v) is 8.34. The molecule has 128 valence electrons. The Balaban J connectivity index is 2.03. The van der Waals surface area contributed by atoms with E-state index in [1.54, 1.807) is 25.1 Å². The largest absolute Gasteiger partial charge is 0.462 e. The van der Waals surface area contributed by atoms with Crippen LogP contribution in [0.25, 0.3) is 0 Å². The minimum Gasteiger partial charge on any atom is -0.462 e. The molecule has 0 saturated carbocycles. The first kappa shape index (κ1) is 18.9. The Labute approximate surface area is 156 Å². The smallest absolute Gasteiger partial charge is 0.348 e. The van der Waals surface area contributed by atoms with E-state index in [0.29, 0.717) is 16.6 Å². The van der Waals surface area contributed by atoms with Crippen molar-refractivity contribution < 1.29 is 9.53 Å². The number of ether oxygens (including phenoxy) is 1. The molecule has 1 aromatic carbocycles. The van der Waals surface area contributed by atoms with Crippen LogP contribution in [0.2, 0.25) is 10.0 Å². The number of halogens is 2. The maximum atomic E-state index is 11.5. The van der Waals surface area contributed by atoms with E-state index in [2.05, 4.69) is 0 Å². The molecule has 2 rings (SSSR count). The summed E-state index contributed by atoms with van der Waals surface area (Å²) < 4.78 is 4.81. The molecule has 0 aromatic heterocycles. The molecule has 1 aliphatic heterocycles. The molecule has 1 aromatic rings. The second-order valence-electron chi connectivity index (χ2n) is 5.12. The monoisotopic (exact) mass is 374 g/mol. The van der Waals surface area contributed by atoms with Crippen molar-refractivity contribution in [1.29, 1.82) is 5.26 Å². The van der Waals surface area contributed by atoms with E-state index in [1.165, 1.54) is 6.08 Å². The zero-order valence-corrected chi connectivity index (χ0v) is 15.1. The van der Waals surface area contributed by atoms with Crippen LogP contribution >= 0.6 is 23.2 Å². The minimum atomic E-state index is -0.621. The van der Waals surface area contributed by atoms with Crippen molar-refractivity contribution in [2.45, 2.75) is 13.5 Å². The third kappa shape index (κ3) is 5.53. The van der Waals surface area contributed by atoms with Gasteiger partial charge in [0.15, 0.2) is 0 Å². The SMILES string of the molecule is CCOC(=O)/C(C#N)=C\C=C1C=CN(Cc2ccc(Cl)cc2Cl)C=C1. The van der Waals surface area contributed by atoms with Crippen LogP contribution in [0.4, 0.5) is 0 Å². The van der Waals surface area contributed by atoms with Gasteiger partial charge < -0.3 is 9.64 Å². The van der Waals surface area contributed by atoms with Gasteiger partial charge in [0.2, 0.25) is 0 Å². The van der Waals surface area contributed by atoms with E-state index >= 15 is 0 Å². The highest BCUT2D eigenvalue weighted by atomic mass is 35.5. The molecule has 25 heavy (non-hydrogen) atoms. The number of carbonyl (C=O) groups excluding carboxylic acids is 1. The summed E-state index contributed by atoms with van der Waals surface area (Å²) in [7, 11) is 0. The van der Waals surface area contributed by atoms with Gasteiger partial charge in [-0.25, -0.2) is 4.79 Å². The van der Waals surface area contributed by atoms with Crippen LogP contribution in [0.1, 0.15) is 12.5 Å². The summed E-state index contributed by atoms with van der Waals surface area (Å²) in [6, 6.07) is 7.24. The van der Waals surface area contributed by atoms with Crippen LogP contribution in [0.5, 0.6) is 0 Å². The fourth-order valence-corrected chi connectivity index (χ4v) is 2.54. The van der Waals surface area contributed by atoms with Gasteiger partial charge in [0.05, 0.1) is 6.61 Å². The molecule has 0 aliphatic carbocycles. The molecule has 0 atom stereocenters. The lowest BCUT2D eigenvalue weighted by Crippen LogP contribution is -2.11. The molecule has 0 radical (unpaired) electrons. The van der Waals surface area contributed by atoms with Crippen molar-refractivity contribution in [2.75, 3.05) is 6.61 Å². The minimum absolute atomic E-state index is 0.0356. The van der Waals surface area contributed by atoms with Gasteiger partial charge in [-0.2, -0.15) is 5.26 Å². The molecule has 1 heterocycles. The summed E-state index contributed by atoms with van der Waals surface area (Å²) in [4.78, 5) is 13.5. The summed E-state index contributed by atoms with van der Waals surface area (Å²) in [6.07, 6.45) is 10.7. The van der Waals surface area contributed by atoms with E-state index in [0.717, 1.165) is 11.1 Å². The number of hydrogen-bond acceptors (Lipinski definition) is 4. The number of carbonyl (C=O) groups is 1. The Kier molecular flexibility index (Phi) is 6.88. The van der Waals surface area contributed by atoms with Gasteiger partial charge in [-0.05, 0) is 48.4 Å². The molecule has 6 heteroatoms. The maximum Gasteiger partial charge on any atom is 0.348 e. The lowest BCUT2D eigenvalue weighted by atomic mass is 10.1. The normalized spacial score (nSPS) is 13.6. The number of hydrogen-bond donors (Lipinski definition) is 0. The number of esters is 1. The Bertz CT molecular complexity index is 801. The average Bonchev–Trinajstić information content (AvgIpc) is 2.59. The van der Waals surface area contributed by atoms with Crippen LogP contribution < -0.4 is 0 Å². The van der Waals surface area contributed by atoms with Crippen molar-refractivity contribution in [2.24, 2.45) is 0 Å². The number of nitrogens with zero attached hydrogens (tertiary/aromatic N) is 2. The van der Waals surface area contributed by atoms with Crippen molar-refractivity contribution in [3.8, 4) is 6.07 Å². The van der Waals surface area contributed by atoms with Crippen LogP contribution in [-0.4, -0.2) is 17.5 Å². The van der Waals surface area contributed by atoms with E-state index in [9.17, 15) is 4.79 Å². The van der Waals surface area contributed by atoms with Gasteiger partial charge in [-0.1, -0.05) is 35.3 Å². The number of rotatable bonds is 5. The second-order valence-corrected chi connectivity index (χ2v) is 5.96. The van der Waals surface area contributed by atoms with Gasteiger partial charge in [-0.15, -0.1) is 0 Å². The highest BCUT2D eigenvalue weighted by molar-refractivity contribution is 6.35.